The van der Waals surface area contributed by atoms with Crippen LogP contribution in [-0.4, -0.2) is 53.0 Å². The number of anilines is 1. The first-order chi connectivity index (χ1) is 9.69. The van der Waals surface area contributed by atoms with E-state index in [-0.39, 0.29) is 18.6 Å². The second kappa shape index (κ2) is 9.30. The molecule has 0 aliphatic rings. The second-order valence-electron chi connectivity index (χ2n) is 4.22. The fraction of sp³-hybridized carbons (Fsp3) is 0.500. The Balaban J connectivity index is 2.32. The van der Waals surface area contributed by atoms with Gasteiger partial charge in [0.1, 0.15) is 5.75 Å². The minimum Gasteiger partial charge on any atom is -0.497 e. The number of nitrogens with one attached hydrogen (secondary N) is 2. The van der Waals surface area contributed by atoms with Crippen molar-refractivity contribution < 1.29 is 19.0 Å². The summed E-state index contributed by atoms with van der Waals surface area (Å²) in [4.78, 5) is 11.8. The lowest BCUT2D eigenvalue weighted by Crippen LogP contribution is -2.36. The molecule has 1 amide bonds. The quantitative estimate of drug-likeness (QED) is 0.704. The van der Waals surface area contributed by atoms with E-state index in [4.69, 9.17) is 14.2 Å². The van der Waals surface area contributed by atoms with E-state index < -0.39 is 0 Å². The van der Waals surface area contributed by atoms with Crippen LogP contribution in [0.2, 0.25) is 0 Å². The van der Waals surface area contributed by atoms with Gasteiger partial charge in [-0.1, -0.05) is 6.07 Å². The Bertz CT molecular complexity index is 412. The predicted molar refractivity (Wildman–Crippen MR) is 77.2 cm³/mol. The summed E-state index contributed by atoms with van der Waals surface area (Å²) >= 11 is 0. The summed E-state index contributed by atoms with van der Waals surface area (Å²) in [6.07, 6.45) is -0.0652. The highest BCUT2D eigenvalue weighted by Crippen LogP contribution is 2.16. The third-order valence-corrected chi connectivity index (χ3v) is 2.70. The van der Waals surface area contributed by atoms with E-state index in [0.717, 1.165) is 0 Å². The molecule has 0 bridgehead atoms. The van der Waals surface area contributed by atoms with Crippen molar-refractivity contribution in [3.8, 4) is 5.75 Å². The van der Waals surface area contributed by atoms with Gasteiger partial charge in [0.15, 0.2) is 0 Å². The molecule has 1 aromatic rings. The Labute approximate surface area is 119 Å². The molecule has 1 atom stereocenters. The molecule has 0 spiro atoms. The summed E-state index contributed by atoms with van der Waals surface area (Å²) in [5, 5.41) is 5.81. The zero-order valence-electron chi connectivity index (χ0n) is 12.1. The molecule has 112 valence electrons. The summed E-state index contributed by atoms with van der Waals surface area (Å²) in [6, 6.07) is 7.22. The predicted octanol–water partition coefficient (Wildman–Crippen LogP) is 0.885. The minimum atomic E-state index is -0.120. The van der Waals surface area contributed by atoms with E-state index in [2.05, 4.69) is 10.6 Å². The molecular formula is C14H22N2O4. The van der Waals surface area contributed by atoms with E-state index >= 15 is 0 Å². The fourth-order valence-electron chi connectivity index (χ4n) is 1.65. The molecule has 1 aromatic carbocycles. The van der Waals surface area contributed by atoms with Crippen LogP contribution in [0.1, 0.15) is 0 Å². The van der Waals surface area contributed by atoms with Crippen LogP contribution in [0.4, 0.5) is 5.69 Å². The molecule has 0 radical (unpaired) electrons. The van der Waals surface area contributed by atoms with Gasteiger partial charge >= 0.3 is 0 Å². The van der Waals surface area contributed by atoms with Crippen LogP contribution in [0.15, 0.2) is 24.3 Å². The molecule has 1 rings (SSSR count). The molecule has 6 heteroatoms. The molecule has 0 saturated heterocycles. The number of hydrogen-bond donors (Lipinski definition) is 2. The van der Waals surface area contributed by atoms with Gasteiger partial charge in [-0.2, -0.15) is 0 Å². The number of methoxy groups -OCH3 is 3. The molecule has 0 heterocycles. The van der Waals surface area contributed by atoms with E-state index in [1.54, 1.807) is 27.4 Å². The van der Waals surface area contributed by atoms with Gasteiger partial charge in [-0.05, 0) is 12.1 Å². The number of rotatable bonds is 9. The zero-order valence-corrected chi connectivity index (χ0v) is 12.1. The average Bonchev–Trinajstić information content (AvgIpc) is 2.46. The van der Waals surface area contributed by atoms with Gasteiger partial charge in [0.05, 0.1) is 26.4 Å². The third kappa shape index (κ3) is 6.01. The number of benzene rings is 1. The monoisotopic (exact) mass is 282 g/mol. The van der Waals surface area contributed by atoms with Crippen LogP contribution in [0, 0.1) is 0 Å². The smallest absolute Gasteiger partial charge is 0.238 e. The number of ether oxygens (including phenoxy) is 3. The lowest BCUT2D eigenvalue weighted by Gasteiger charge is -2.15. The van der Waals surface area contributed by atoms with Crippen LogP contribution < -0.4 is 15.4 Å². The SMILES string of the molecule is COCC(CNCC(=O)Nc1cccc(OC)c1)OC. The number of carbonyl (C=O) groups is 1. The summed E-state index contributed by atoms with van der Waals surface area (Å²) in [5.74, 6) is 0.584. The maximum atomic E-state index is 11.8. The van der Waals surface area contributed by atoms with Gasteiger partial charge in [-0.15, -0.1) is 0 Å². The third-order valence-electron chi connectivity index (χ3n) is 2.70. The van der Waals surface area contributed by atoms with E-state index in [0.29, 0.717) is 24.6 Å². The highest BCUT2D eigenvalue weighted by molar-refractivity contribution is 5.92. The molecule has 0 fully saturated rings. The van der Waals surface area contributed by atoms with E-state index in [1.807, 2.05) is 18.2 Å². The molecule has 0 aromatic heterocycles. The van der Waals surface area contributed by atoms with Gasteiger partial charge in [0.2, 0.25) is 5.91 Å². The van der Waals surface area contributed by atoms with Gasteiger partial charge in [-0.25, -0.2) is 0 Å². The Morgan fingerprint density at radius 3 is 2.75 bits per heavy atom. The standard InChI is InChI=1S/C14H22N2O4/c1-18-10-13(20-3)8-15-9-14(17)16-11-5-4-6-12(7-11)19-2/h4-7,13,15H,8-10H2,1-3H3,(H,16,17). The fourth-order valence-corrected chi connectivity index (χ4v) is 1.65. The summed E-state index contributed by atoms with van der Waals surface area (Å²) in [5.41, 5.74) is 0.705. The normalized spacial score (nSPS) is 11.9. The molecule has 0 aliphatic heterocycles. The van der Waals surface area contributed by atoms with E-state index in [9.17, 15) is 4.79 Å². The van der Waals surface area contributed by atoms with Gasteiger partial charge in [0, 0.05) is 32.5 Å². The van der Waals surface area contributed by atoms with Crippen LogP contribution in [-0.2, 0) is 14.3 Å². The maximum Gasteiger partial charge on any atom is 0.238 e. The summed E-state index contributed by atoms with van der Waals surface area (Å²) < 4.78 is 15.3. The van der Waals surface area contributed by atoms with Crippen molar-refractivity contribution in [1.29, 1.82) is 0 Å². The number of hydrogen-bond acceptors (Lipinski definition) is 5. The Morgan fingerprint density at radius 2 is 2.10 bits per heavy atom. The van der Waals surface area contributed by atoms with E-state index in [1.165, 1.54) is 0 Å². The van der Waals surface area contributed by atoms with Crippen molar-refractivity contribution in [2.45, 2.75) is 6.10 Å². The molecule has 0 saturated carbocycles. The van der Waals surface area contributed by atoms with Crippen LogP contribution in [0.25, 0.3) is 0 Å². The number of carbonyl (C=O) groups excluding carboxylic acids is 1. The average molecular weight is 282 g/mol. The lowest BCUT2D eigenvalue weighted by atomic mass is 10.3. The van der Waals surface area contributed by atoms with Crippen molar-refractivity contribution in [3.05, 3.63) is 24.3 Å². The summed E-state index contributed by atoms with van der Waals surface area (Å²) in [7, 11) is 4.81. The Kier molecular flexibility index (Phi) is 7.64. The van der Waals surface area contributed by atoms with Crippen molar-refractivity contribution >= 4 is 11.6 Å². The topological polar surface area (TPSA) is 68.8 Å². The Hall–Kier alpha value is -1.63. The van der Waals surface area contributed by atoms with Crippen molar-refractivity contribution in [2.24, 2.45) is 0 Å². The Morgan fingerprint density at radius 1 is 1.30 bits per heavy atom. The van der Waals surface area contributed by atoms with Crippen molar-refractivity contribution in [2.75, 3.05) is 46.3 Å². The highest BCUT2D eigenvalue weighted by Gasteiger charge is 2.08. The number of amides is 1. The van der Waals surface area contributed by atoms with Crippen LogP contribution >= 0.6 is 0 Å². The molecule has 1 unspecified atom stereocenters. The van der Waals surface area contributed by atoms with Crippen LogP contribution in [0.3, 0.4) is 0 Å². The molecule has 6 nitrogen and oxygen atoms in total. The zero-order chi connectivity index (χ0) is 14.8. The second-order valence-corrected chi connectivity index (χ2v) is 4.22. The first-order valence-electron chi connectivity index (χ1n) is 6.36. The van der Waals surface area contributed by atoms with Crippen molar-refractivity contribution in [3.63, 3.8) is 0 Å². The highest BCUT2D eigenvalue weighted by atomic mass is 16.5. The van der Waals surface area contributed by atoms with Gasteiger partial charge < -0.3 is 24.8 Å². The molecule has 2 N–H and O–H groups in total. The van der Waals surface area contributed by atoms with Gasteiger partial charge in [-0.3, -0.25) is 4.79 Å². The molecule has 20 heavy (non-hydrogen) atoms. The first kappa shape index (κ1) is 16.4. The first-order valence-corrected chi connectivity index (χ1v) is 6.36. The van der Waals surface area contributed by atoms with Crippen LogP contribution in [0.5, 0.6) is 5.75 Å². The molecule has 0 aliphatic carbocycles. The molecular weight excluding hydrogens is 260 g/mol. The maximum absolute atomic E-state index is 11.8. The van der Waals surface area contributed by atoms with Crippen molar-refractivity contribution in [1.82, 2.24) is 5.32 Å². The minimum absolute atomic E-state index is 0.0652. The van der Waals surface area contributed by atoms with Gasteiger partial charge in [0.25, 0.3) is 0 Å². The largest absolute Gasteiger partial charge is 0.497 e. The lowest BCUT2D eigenvalue weighted by molar-refractivity contribution is -0.115. The summed E-state index contributed by atoms with van der Waals surface area (Å²) in [6.45, 7) is 1.25.